The molecule has 0 aliphatic heterocycles. The number of carbonyl (C=O) groups is 1. The van der Waals surface area contributed by atoms with Crippen LogP contribution in [0.3, 0.4) is 0 Å². The highest BCUT2D eigenvalue weighted by molar-refractivity contribution is 6.00. The first-order chi connectivity index (χ1) is 11.6. The van der Waals surface area contributed by atoms with Gasteiger partial charge in [-0.25, -0.2) is 0 Å². The van der Waals surface area contributed by atoms with Crippen LogP contribution in [0.15, 0.2) is 42.5 Å². The van der Waals surface area contributed by atoms with E-state index in [1.54, 1.807) is 25.2 Å². The van der Waals surface area contributed by atoms with Crippen molar-refractivity contribution < 1.29 is 14.3 Å². The van der Waals surface area contributed by atoms with Gasteiger partial charge in [0.25, 0.3) is 5.91 Å². The van der Waals surface area contributed by atoms with Crippen molar-refractivity contribution >= 4 is 17.3 Å². The van der Waals surface area contributed by atoms with E-state index >= 15 is 0 Å². The molecular weight excluding hydrogens is 304 g/mol. The van der Waals surface area contributed by atoms with Gasteiger partial charge in [-0.05, 0) is 26.0 Å². The summed E-state index contributed by atoms with van der Waals surface area (Å²) < 4.78 is 10.6. The average molecular weight is 328 g/mol. The lowest BCUT2D eigenvalue weighted by atomic mass is 10.1. The molecule has 128 valence electrons. The van der Waals surface area contributed by atoms with Gasteiger partial charge in [0.2, 0.25) is 0 Å². The highest BCUT2D eigenvalue weighted by Gasteiger charge is 2.16. The summed E-state index contributed by atoms with van der Waals surface area (Å²) in [6.07, 6.45) is 0. The first kappa shape index (κ1) is 17.7. The number of benzene rings is 2. The maximum atomic E-state index is 12.7. The van der Waals surface area contributed by atoms with Crippen LogP contribution in [-0.2, 0) is 0 Å². The van der Waals surface area contributed by atoms with Gasteiger partial charge in [-0.1, -0.05) is 12.1 Å². The Kier molecular flexibility index (Phi) is 6.07. The molecule has 0 atom stereocenters. The molecule has 0 aliphatic rings. The average Bonchev–Trinajstić information content (AvgIpc) is 2.62. The Morgan fingerprint density at radius 1 is 1.00 bits per heavy atom. The van der Waals surface area contributed by atoms with Crippen LogP contribution in [0.25, 0.3) is 0 Å². The van der Waals surface area contributed by atoms with Crippen molar-refractivity contribution in [1.82, 2.24) is 4.90 Å². The zero-order valence-corrected chi connectivity index (χ0v) is 14.6. The number of para-hydroxylation sites is 1. The highest BCUT2D eigenvalue weighted by Crippen LogP contribution is 2.29. The third-order valence-corrected chi connectivity index (χ3v) is 3.84. The lowest BCUT2D eigenvalue weighted by Crippen LogP contribution is -2.30. The van der Waals surface area contributed by atoms with Gasteiger partial charge in [-0.15, -0.1) is 0 Å². The van der Waals surface area contributed by atoms with Gasteiger partial charge in [-0.2, -0.15) is 0 Å². The van der Waals surface area contributed by atoms with Gasteiger partial charge in [0.15, 0.2) is 0 Å². The van der Waals surface area contributed by atoms with Crippen LogP contribution >= 0.6 is 0 Å². The lowest BCUT2D eigenvalue weighted by Gasteiger charge is -2.21. The van der Waals surface area contributed by atoms with Crippen LogP contribution in [0.1, 0.15) is 24.2 Å². The summed E-state index contributed by atoms with van der Waals surface area (Å²) in [6, 6.07) is 13.0. The fourth-order valence-electron chi connectivity index (χ4n) is 2.49. The van der Waals surface area contributed by atoms with Crippen LogP contribution in [0.2, 0.25) is 0 Å². The molecule has 2 aromatic rings. The number of nitrogens with one attached hydrogen (secondary N) is 1. The quantitative estimate of drug-likeness (QED) is 0.837. The van der Waals surface area contributed by atoms with E-state index in [0.717, 1.165) is 11.4 Å². The number of hydrogen-bond donors (Lipinski definition) is 1. The largest absolute Gasteiger partial charge is 0.497 e. The standard InChI is InChI=1S/C19H24N2O3/c1-5-21(6-2)19(22)17-9-7-8-10-18(17)20-14-11-15(23-3)13-16(12-14)24-4/h7-13,20H,5-6H2,1-4H3. The molecule has 5 nitrogen and oxygen atoms in total. The molecule has 2 rings (SSSR count). The fourth-order valence-corrected chi connectivity index (χ4v) is 2.49. The number of hydrogen-bond acceptors (Lipinski definition) is 4. The van der Waals surface area contributed by atoms with E-state index in [9.17, 15) is 4.79 Å². The fraction of sp³-hybridized carbons (Fsp3) is 0.316. The summed E-state index contributed by atoms with van der Waals surface area (Å²) in [6.45, 7) is 5.31. The smallest absolute Gasteiger partial charge is 0.255 e. The van der Waals surface area contributed by atoms with Crippen LogP contribution in [0.5, 0.6) is 11.5 Å². The summed E-state index contributed by atoms with van der Waals surface area (Å²) >= 11 is 0. The van der Waals surface area contributed by atoms with E-state index in [1.165, 1.54) is 0 Å². The van der Waals surface area contributed by atoms with E-state index in [-0.39, 0.29) is 5.91 Å². The normalized spacial score (nSPS) is 10.2. The summed E-state index contributed by atoms with van der Waals surface area (Å²) in [7, 11) is 3.22. The van der Waals surface area contributed by atoms with E-state index in [2.05, 4.69) is 5.32 Å². The van der Waals surface area contributed by atoms with Crippen LogP contribution in [0, 0.1) is 0 Å². The molecular formula is C19H24N2O3. The second-order valence-electron chi connectivity index (χ2n) is 5.25. The first-order valence-electron chi connectivity index (χ1n) is 8.01. The summed E-state index contributed by atoms with van der Waals surface area (Å²) in [5.41, 5.74) is 2.19. The van der Waals surface area contributed by atoms with Gasteiger partial charge in [0.05, 0.1) is 25.5 Å². The van der Waals surface area contributed by atoms with Gasteiger partial charge in [-0.3, -0.25) is 4.79 Å². The monoisotopic (exact) mass is 328 g/mol. The maximum Gasteiger partial charge on any atom is 0.255 e. The van der Waals surface area contributed by atoms with Crippen LogP contribution < -0.4 is 14.8 Å². The van der Waals surface area contributed by atoms with Crippen molar-refractivity contribution in [1.29, 1.82) is 0 Å². The Labute approximate surface area is 143 Å². The molecule has 0 bridgehead atoms. The Balaban J connectivity index is 2.36. The van der Waals surface area contributed by atoms with Gasteiger partial charge >= 0.3 is 0 Å². The van der Waals surface area contributed by atoms with Gasteiger partial charge in [0.1, 0.15) is 11.5 Å². The predicted molar refractivity (Wildman–Crippen MR) is 96.5 cm³/mol. The number of methoxy groups -OCH3 is 2. The van der Waals surface area contributed by atoms with E-state index in [0.29, 0.717) is 30.2 Å². The number of anilines is 2. The summed E-state index contributed by atoms with van der Waals surface area (Å²) in [5, 5.41) is 3.30. The number of amides is 1. The molecule has 0 radical (unpaired) electrons. The van der Waals surface area contributed by atoms with Crippen molar-refractivity contribution in [2.45, 2.75) is 13.8 Å². The second kappa shape index (κ2) is 8.24. The molecule has 2 aromatic carbocycles. The first-order valence-corrected chi connectivity index (χ1v) is 8.01. The molecule has 1 N–H and O–H groups in total. The Morgan fingerprint density at radius 3 is 2.12 bits per heavy atom. The zero-order chi connectivity index (χ0) is 17.5. The number of nitrogens with zero attached hydrogens (tertiary/aromatic N) is 1. The van der Waals surface area contributed by atoms with Crippen molar-refractivity contribution in [3.63, 3.8) is 0 Å². The molecule has 0 unspecified atom stereocenters. The van der Waals surface area contributed by atoms with Crippen molar-refractivity contribution in [2.24, 2.45) is 0 Å². The third-order valence-electron chi connectivity index (χ3n) is 3.84. The summed E-state index contributed by atoms with van der Waals surface area (Å²) in [5.74, 6) is 1.38. The van der Waals surface area contributed by atoms with E-state index < -0.39 is 0 Å². The predicted octanol–water partition coefficient (Wildman–Crippen LogP) is 3.93. The molecule has 0 aliphatic carbocycles. The van der Waals surface area contributed by atoms with Crippen molar-refractivity contribution in [3.05, 3.63) is 48.0 Å². The molecule has 0 saturated carbocycles. The van der Waals surface area contributed by atoms with Gasteiger partial charge in [0, 0.05) is 37.0 Å². The molecule has 0 fully saturated rings. The van der Waals surface area contributed by atoms with E-state index in [1.807, 2.05) is 50.2 Å². The molecule has 0 heterocycles. The molecule has 1 amide bonds. The van der Waals surface area contributed by atoms with E-state index in [4.69, 9.17) is 9.47 Å². The van der Waals surface area contributed by atoms with Gasteiger partial charge < -0.3 is 19.7 Å². The molecule has 0 aromatic heterocycles. The second-order valence-corrected chi connectivity index (χ2v) is 5.25. The topological polar surface area (TPSA) is 50.8 Å². The summed E-state index contributed by atoms with van der Waals surface area (Å²) in [4.78, 5) is 14.5. The number of rotatable bonds is 7. The minimum absolute atomic E-state index is 0.0120. The Hall–Kier alpha value is -2.69. The highest BCUT2D eigenvalue weighted by atomic mass is 16.5. The zero-order valence-electron chi connectivity index (χ0n) is 14.6. The molecule has 0 saturated heterocycles. The number of ether oxygens (including phenoxy) is 2. The Bertz CT molecular complexity index is 675. The van der Waals surface area contributed by atoms with Crippen molar-refractivity contribution in [3.8, 4) is 11.5 Å². The minimum Gasteiger partial charge on any atom is -0.497 e. The SMILES string of the molecule is CCN(CC)C(=O)c1ccccc1Nc1cc(OC)cc(OC)c1. The molecule has 24 heavy (non-hydrogen) atoms. The third kappa shape index (κ3) is 3.98. The van der Waals surface area contributed by atoms with Crippen LogP contribution in [-0.4, -0.2) is 38.1 Å². The molecule has 0 spiro atoms. The number of carbonyl (C=O) groups excluding carboxylic acids is 1. The molecule has 5 heteroatoms. The minimum atomic E-state index is 0.0120. The lowest BCUT2D eigenvalue weighted by molar-refractivity contribution is 0.0774. The maximum absolute atomic E-state index is 12.7. The van der Waals surface area contributed by atoms with Crippen molar-refractivity contribution in [2.75, 3.05) is 32.6 Å². The Morgan fingerprint density at radius 2 is 1.58 bits per heavy atom. The van der Waals surface area contributed by atoms with Crippen LogP contribution in [0.4, 0.5) is 11.4 Å².